The van der Waals surface area contributed by atoms with Crippen molar-refractivity contribution < 1.29 is 19.1 Å². The summed E-state index contributed by atoms with van der Waals surface area (Å²) in [5.74, 6) is 0.826. The zero-order valence-corrected chi connectivity index (χ0v) is 18.4. The molecule has 28 heavy (non-hydrogen) atoms. The molecule has 0 atom stereocenters. The van der Waals surface area contributed by atoms with Crippen LogP contribution in [0.25, 0.3) is 6.08 Å². The van der Waals surface area contributed by atoms with Crippen molar-refractivity contribution >= 4 is 56.5 Å². The van der Waals surface area contributed by atoms with Gasteiger partial charge in [0.25, 0.3) is 11.1 Å². The molecule has 1 fully saturated rings. The van der Waals surface area contributed by atoms with Gasteiger partial charge >= 0.3 is 0 Å². The van der Waals surface area contributed by atoms with Gasteiger partial charge in [0.05, 0.1) is 25.2 Å². The van der Waals surface area contributed by atoms with Crippen molar-refractivity contribution in [2.45, 2.75) is 13.5 Å². The van der Waals surface area contributed by atoms with Gasteiger partial charge in [-0.1, -0.05) is 39.7 Å². The Morgan fingerprint density at radius 2 is 1.89 bits per heavy atom. The highest BCUT2D eigenvalue weighted by atomic mass is 79.9. The SMILES string of the molecule is CCOc1cc(/C=C2\SC(=O)N(Cc3ccc(Cl)cc3)C2=O)c(Br)cc1OC. The second-order valence-corrected chi connectivity index (χ2v) is 8.14. The average molecular weight is 483 g/mol. The molecule has 1 saturated heterocycles. The van der Waals surface area contributed by atoms with Gasteiger partial charge in [0.15, 0.2) is 11.5 Å². The highest BCUT2D eigenvalue weighted by Gasteiger charge is 2.35. The van der Waals surface area contributed by atoms with E-state index in [1.54, 1.807) is 49.6 Å². The molecule has 2 amide bonds. The van der Waals surface area contributed by atoms with Gasteiger partial charge < -0.3 is 9.47 Å². The zero-order chi connectivity index (χ0) is 20.3. The quantitative estimate of drug-likeness (QED) is 0.491. The molecule has 8 heteroatoms. The van der Waals surface area contributed by atoms with Gasteiger partial charge in [0.1, 0.15) is 0 Å². The first-order valence-electron chi connectivity index (χ1n) is 8.43. The molecule has 0 aliphatic carbocycles. The molecule has 0 radical (unpaired) electrons. The Morgan fingerprint density at radius 3 is 2.54 bits per heavy atom. The molecule has 0 spiro atoms. The third-order valence-electron chi connectivity index (χ3n) is 4.00. The van der Waals surface area contributed by atoms with Gasteiger partial charge in [-0.15, -0.1) is 0 Å². The first-order chi connectivity index (χ1) is 13.4. The van der Waals surface area contributed by atoms with Crippen molar-refractivity contribution in [1.82, 2.24) is 4.90 Å². The Kier molecular flexibility index (Phi) is 6.69. The minimum atomic E-state index is -0.328. The second kappa shape index (κ2) is 9.03. The maximum absolute atomic E-state index is 12.8. The summed E-state index contributed by atoms with van der Waals surface area (Å²) in [6.45, 7) is 2.56. The third-order valence-corrected chi connectivity index (χ3v) is 5.84. The normalized spacial score (nSPS) is 15.4. The topological polar surface area (TPSA) is 55.8 Å². The lowest BCUT2D eigenvalue weighted by Gasteiger charge is -2.13. The van der Waals surface area contributed by atoms with Gasteiger partial charge in [0, 0.05) is 9.50 Å². The fourth-order valence-corrected chi connectivity index (χ4v) is 4.03. The summed E-state index contributed by atoms with van der Waals surface area (Å²) in [4.78, 5) is 26.7. The van der Waals surface area contributed by atoms with Crippen molar-refractivity contribution in [1.29, 1.82) is 0 Å². The maximum Gasteiger partial charge on any atom is 0.293 e. The molecule has 0 aromatic heterocycles. The molecule has 5 nitrogen and oxygen atoms in total. The summed E-state index contributed by atoms with van der Waals surface area (Å²) in [5.41, 5.74) is 1.55. The molecule has 1 aliphatic rings. The summed E-state index contributed by atoms with van der Waals surface area (Å²) in [6, 6.07) is 10.6. The largest absolute Gasteiger partial charge is 0.493 e. The van der Waals surface area contributed by atoms with E-state index in [0.717, 1.165) is 27.4 Å². The molecule has 0 saturated carbocycles. The van der Waals surface area contributed by atoms with Crippen LogP contribution in [0.1, 0.15) is 18.1 Å². The van der Waals surface area contributed by atoms with Gasteiger partial charge in [-0.25, -0.2) is 0 Å². The molecule has 146 valence electrons. The molecule has 0 unspecified atom stereocenters. The molecule has 2 aromatic rings. The van der Waals surface area contributed by atoms with Crippen LogP contribution >= 0.6 is 39.3 Å². The maximum atomic E-state index is 12.8. The summed E-state index contributed by atoms with van der Waals surface area (Å²) in [6.07, 6.45) is 1.68. The fourth-order valence-electron chi connectivity index (χ4n) is 2.64. The average Bonchev–Trinajstić information content (AvgIpc) is 2.93. The highest BCUT2D eigenvalue weighted by Crippen LogP contribution is 2.38. The summed E-state index contributed by atoms with van der Waals surface area (Å²) >= 11 is 10.3. The first kappa shape index (κ1) is 20.8. The zero-order valence-electron chi connectivity index (χ0n) is 15.2. The number of hydrogen-bond acceptors (Lipinski definition) is 5. The summed E-state index contributed by atoms with van der Waals surface area (Å²) in [5, 5.41) is 0.299. The number of halogens is 2. The van der Waals surface area contributed by atoms with Crippen LogP contribution < -0.4 is 9.47 Å². The number of rotatable bonds is 6. The minimum absolute atomic E-state index is 0.202. The van der Waals surface area contributed by atoms with Crippen LogP contribution in [0.5, 0.6) is 11.5 Å². The Bertz CT molecular complexity index is 946. The van der Waals surface area contributed by atoms with Crippen molar-refractivity contribution in [3.05, 3.63) is 61.9 Å². The molecule has 2 aromatic carbocycles. The summed E-state index contributed by atoms with van der Waals surface area (Å²) < 4.78 is 11.6. The molecule has 1 aliphatic heterocycles. The van der Waals surface area contributed by atoms with E-state index in [0.29, 0.717) is 28.0 Å². The van der Waals surface area contributed by atoms with Gasteiger partial charge in [-0.05, 0) is 60.2 Å². The summed E-state index contributed by atoms with van der Waals surface area (Å²) in [7, 11) is 1.56. The van der Waals surface area contributed by atoms with Crippen LogP contribution in [0.3, 0.4) is 0 Å². The number of ether oxygens (including phenoxy) is 2. The number of imide groups is 1. The highest BCUT2D eigenvalue weighted by molar-refractivity contribution is 9.10. The molecular weight excluding hydrogens is 466 g/mol. The second-order valence-electron chi connectivity index (χ2n) is 5.85. The molecule has 0 bridgehead atoms. The van der Waals surface area contributed by atoms with E-state index in [1.807, 2.05) is 6.92 Å². The molecule has 3 rings (SSSR count). The Balaban J connectivity index is 1.87. The Morgan fingerprint density at radius 1 is 1.18 bits per heavy atom. The predicted octanol–water partition coefficient (Wildman–Crippen LogP) is 5.75. The number of carbonyl (C=O) groups is 2. The van der Waals surface area contributed by atoms with E-state index < -0.39 is 0 Å². The predicted molar refractivity (Wildman–Crippen MR) is 115 cm³/mol. The number of nitrogens with zero attached hydrogens (tertiary/aromatic N) is 1. The van der Waals surface area contributed by atoms with Gasteiger partial charge in [-0.2, -0.15) is 0 Å². The van der Waals surface area contributed by atoms with E-state index in [2.05, 4.69) is 15.9 Å². The van der Waals surface area contributed by atoms with E-state index in [9.17, 15) is 9.59 Å². The smallest absolute Gasteiger partial charge is 0.293 e. The number of methoxy groups -OCH3 is 1. The third kappa shape index (κ3) is 4.54. The number of amides is 2. The number of thioether (sulfide) groups is 1. The number of benzene rings is 2. The van der Waals surface area contributed by atoms with Crippen LogP contribution in [-0.4, -0.2) is 29.8 Å². The first-order valence-corrected chi connectivity index (χ1v) is 10.4. The van der Waals surface area contributed by atoms with E-state index >= 15 is 0 Å². The number of carbonyl (C=O) groups excluding carboxylic acids is 2. The van der Waals surface area contributed by atoms with Crippen LogP contribution in [0.4, 0.5) is 4.79 Å². The van der Waals surface area contributed by atoms with Crippen LogP contribution in [0.2, 0.25) is 5.02 Å². The molecule has 0 N–H and O–H groups in total. The Labute approximate surface area is 180 Å². The van der Waals surface area contributed by atoms with Crippen molar-refractivity contribution in [3.8, 4) is 11.5 Å². The van der Waals surface area contributed by atoms with Crippen LogP contribution in [0.15, 0.2) is 45.8 Å². The lowest BCUT2D eigenvalue weighted by Crippen LogP contribution is -2.27. The lowest BCUT2D eigenvalue weighted by atomic mass is 10.1. The number of hydrogen-bond donors (Lipinski definition) is 0. The monoisotopic (exact) mass is 481 g/mol. The van der Waals surface area contributed by atoms with Crippen molar-refractivity contribution in [3.63, 3.8) is 0 Å². The van der Waals surface area contributed by atoms with Crippen LogP contribution in [-0.2, 0) is 11.3 Å². The van der Waals surface area contributed by atoms with Crippen molar-refractivity contribution in [2.75, 3.05) is 13.7 Å². The van der Waals surface area contributed by atoms with Crippen molar-refractivity contribution in [2.24, 2.45) is 0 Å². The van der Waals surface area contributed by atoms with Gasteiger partial charge in [0.2, 0.25) is 0 Å². The fraction of sp³-hybridized carbons (Fsp3) is 0.200. The minimum Gasteiger partial charge on any atom is -0.493 e. The Hall–Kier alpha value is -1.96. The van der Waals surface area contributed by atoms with E-state index in [4.69, 9.17) is 21.1 Å². The van der Waals surface area contributed by atoms with E-state index in [1.165, 1.54) is 4.90 Å². The lowest BCUT2D eigenvalue weighted by molar-refractivity contribution is -0.123. The molecule has 1 heterocycles. The van der Waals surface area contributed by atoms with Gasteiger partial charge in [-0.3, -0.25) is 14.5 Å². The van der Waals surface area contributed by atoms with E-state index in [-0.39, 0.29) is 17.7 Å². The standard InChI is InChI=1S/C20H17BrClNO4S/c1-3-27-17-8-13(15(21)10-16(17)26-2)9-18-19(24)23(20(25)28-18)11-12-4-6-14(22)7-5-12/h4-10H,3,11H2,1-2H3/b18-9-. The van der Waals surface area contributed by atoms with Crippen LogP contribution in [0, 0.1) is 0 Å². The molecular formula is C20H17BrClNO4S.